The minimum Gasteiger partial charge on any atom is -0.449 e. The molecule has 33 heavy (non-hydrogen) atoms. The van der Waals surface area contributed by atoms with E-state index in [4.69, 9.17) is 4.74 Å². The molecule has 0 saturated heterocycles. The molecule has 4 N–H and O–H groups in total. The predicted molar refractivity (Wildman–Crippen MR) is 126 cm³/mol. The first-order valence-electron chi connectivity index (χ1n) is 11.1. The van der Waals surface area contributed by atoms with E-state index in [1.54, 1.807) is 18.2 Å². The average molecular weight is 448 g/mol. The number of benzene rings is 3. The van der Waals surface area contributed by atoms with E-state index in [1.807, 2.05) is 31.2 Å². The molecule has 0 aromatic heterocycles. The van der Waals surface area contributed by atoms with Crippen LogP contribution in [0.15, 0.2) is 66.7 Å². The van der Waals surface area contributed by atoms with E-state index in [0.717, 1.165) is 22.3 Å². The zero-order valence-corrected chi connectivity index (χ0v) is 18.6. The van der Waals surface area contributed by atoms with Crippen molar-refractivity contribution < 1.29 is 24.9 Å². The van der Waals surface area contributed by atoms with Crippen molar-refractivity contribution in [1.82, 2.24) is 5.32 Å². The fraction of sp³-hybridized carbons (Fsp3) is 0.296. The van der Waals surface area contributed by atoms with Crippen molar-refractivity contribution in [3.8, 4) is 11.1 Å². The van der Waals surface area contributed by atoms with Gasteiger partial charge in [-0.15, -0.1) is 0 Å². The molecule has 0 heterocycles. The van der Waals surface area contributed by atoms with E-state index in [1.165, 1.54) is 11.1 Å². The predicted octanol–water partition coefficient (Wildman–Crippen LogP) is 3.81. The number of hydrogen-bond donors (Lipinski definition) is 4. The largest absolute Gasteiger partial charge is 0.449 e. The van der Waals surface area contributed by atoms with Gasteiger partial charge in [0.15, 0.2) is 0 Å². The topological polar surface area (TPSA) is 99.0 Å². The van der Waals surface area contributed by atoms with Crippen LogP contribution in [0.1, 0.15) is 46.3 Å². The molecule has 0 spiro atoms. The fourth-order valence-corrected chi connectivity index (χ4v) is 4.50. The molecule has 172 valence electrons. The first kappa shape index (κ1) is 23.0. The molecule has 0 bridgehead atoms. The lowest BCUT2D eigenvalue weighted by atomic mass is 9.96. The molecule has 2 atom stereocenters. The van der Waals surface area contributed by atoms with Gasteiger partial charge in [0.1, 0.15) is 12.7 Å². The van der Waals surface area contributed by atoms with Crippen LogP contribution >= 0.6 is 0 Å². The molecule has 1 aliphatic carbocycles. The summed E-state index contributed by atoms with van der Waals surface area (Å²) in [7, 11) is 0. The number of carbonyl (C=O) groups excluding carboxylic acids is 1. The van der Waals surface area contributed by atoms with Gasteiger partial charge >= 0.3 is 6.09 Å². The van der Waals surface area contributed by atoms with Crippen molar-refractivity contribution in [2.75, 3.05) is 13.2 Å². The summed E-state index contributed by atoms with van der Waals surface area (Å²) in [6, 6.07) is 21.5. The number of alkyl carbamates (subject to hydrolysis) is 1. The van der Waals surface area contributed by atoms with Gasteiger partial charge in [-0.05, 0) is 52.3 Å². The number of ether oxygens (including phenoxy) is 1. The second-order valence-electron chi connectivity index (χ2n) is 8.40. The van der Waals surface area contributed by atoms with Gasteiger partial charge in [-0.3, -0.25) is 0 Å². The monoisotopic (exact) mass is 447 g/mol. The molecule has 1 aliphatic rings. The number of amides is 1. The van der Waals surface area contributed by atoms with E-state index < -0.39 is 18.3 Å². The number of aliphatic hydroxyl groups is 3. The van der Waals surface area contributed by atoms with Crippen molar-refractivity contribution in [3.05, 3.63) is 94.5 Å². The molecular formula is C27H29NO5. The van der Waals surface area contributed by atoms with E-state index in [2.05, 4.69) is 29.6 Å². The fourth-order valence-electron chi connectivity index (χ4n) is 4.50. The van der Waals surface area contributed by atoms with Crippen LogP contribution in [0.2, 0.25) is 0 Å². The Kier molecular flexibility index (Phi) is 7.08. The van der Waals surface area contributed by atoms with Gasteiger partial charge in [0.25, 0.3) is 0 Å². The second kappa shape index (κ2) is 10.2. The Morgan fingerprint density at radius 1 is 1.00 bits per heavy atom. The third kappa shape index (κ3) is 4.93. The number of aliphatic hydroxyl groups excluding tert-OH is 3. The first-order chi connectivity index (χ1) is 16.0. The third-order valence-electron chi connectivity index (χ3n) is 6.25. The molecule has 0 fully saturated rings. The lowest BCUT2D eigenvalue weighted by molar-refractivity contribution is 0.0133. The Morgan fingerprint density at radius 2 is 1.64 bits per heavy atom. The van der Waals surface area contributed by atoms with Crippen LogP contribution in [0, 0.1) is 6.92 Å². The van der Waals surface area contributed by atoms with Gasteiger partial charge in [-0.2, -0.15) is 0 Å². The number of rotatable bonds is 8. The number of hydrogen-bond acceptors (Lipinski definition) is 5. The smallest absolute Gasteiger partial charge is 0.407 e. The molecule has 1 amide bonds. The molecule has 3 aromatic carbocycles. The van der Waals surface area contributed by atoms with Gasteiger partial charge in [-0.25, -0.2) is 4.79 Å². The molecule has 0 saturated carbocycles. The first-order valence-corrected chi connectivity index (χ1v) is 11.1. The number of aryl methyl sites for hydroxylation is 1. The summed E-state index contributed by atoms with van der Waals surface area (Å²) < 4.78 is 5.49. The summed E-state index contributed by atoms with van der Waals surface area (Å²) >= 11 is 0. The summed E-state index contributed by atoms with van der Waals surface area (Å²) in [4.78, 5) is 12.3. The van der Waals surface area contributed by atoms with Gasteiger partial charge in [-0.1, -0.05) is 66.7 Å². The van der Waals surface area contributed by atoms with Crippen LogP contribution in [-0.2, 0) is 11.3 Å². The number of carbonyl (C=O) groups is 1. The minimum atomic E-state index is -1.08. The Bertz CT molecular complexity index is 1080. The lowest BCUT2D eigenvalue weighted by Crippen LogP contribution is -2.30. The van der Waals surface area contributed by atoms with E-state index >= 15 is 0 Å². The Morgan fingerprint density at radius 3 is 2.24 bits per heavy atom. The van der Waals surface area contributed by atoms with Crippen molar-refractivity contribution in [2.24, 2.45) is 0 Å². The summed E-state index contributed by atoms with van der Waals surface area (Å²) in [5.74, 6) is -0.0135. The van der Waals surface area contributed by atoms with Crippen LogP contribution in [0.3, 0.4) is 0 Å². The van der Waals surface area contributed by atoms with Crippen molar-refractivity contribution in [2.45, 2.75) is 38.1 Å². The highest BCUT2D eigenvalue weighted by atomic mass is 16.5. The van der Waals surface area contributed by atoms with Crippen molar-refractivity contribution in [3.63, 3.8) is 0 Å². The van der Waals surface area contributed by atoms with Crippen LogP contribution in [0.25, 0.3) is 11.1 Å². The lowest BCUT2D eigenvalue weighted by Gasteiger charge is -2.20. The Labute approximate surface area is 193 Å². The normalized spacial score (nSPS) is 14.3. The highest BCUT2D eigenvalue weighted by Crippen LogP contribution is 2.44. The third-order valence-corrected chi connectivity index (χ3v) is 6.25. The zero-order valence-electron chi connectivity index (χ0n) is 18.6. The summed E-state index contributed by atoms with van der Waals surface area (Å²) in [6.07, 6.45) is -2.51. The van der Waals surface area contributed by atoms with E-state index in [0.29, 0.717) is 5.56 Å². The highest BCUT2D eigenvalue weighted by molar-refractivity contribution is 5.79. The molecule has 3 aromatic rings. The average Bonchev–Trinajstić information content (AvgIpc) is 3.16. The van der Waals surface area contributed by atoms with E-state index in [-0.39, 0.29) is 32.1 Å². The quantitative estimate of drug-likeness (QED) is 0.421. The Hall–Kier alpha value is -3.19. The van der Waals surface area contributed by atoms with Gasteiger partial charge in [0, 0.05) is 12.5 Å². The molecule has 0 aliphatic heterocycles. The highest BCUT2D eigenvalue weighted by Gasteiger charge is 2.29. The SMILES string of the molecule is Cc1cc(CO)ccc1C(O)C(O)CCNC(=O)OCC1c2ccccc2-c2ccccc21. The van der Waals surface area contributed by atoms with Gasteiger partial charge in [0.2, 0.25) is 0 Å². The molecule has 2 unspecified atom stereocenters. The summed E-state index contributed by atoms with van der Waals surface area (Å²) in [6.45, 7) is 2.13. The standard InChI is InChI=1S/C27H29NO5/c1-17-14-18(15-29)10-11-19(17)26(31)25(30)12-13-28-27(32)33-16-24-22-8-4-2-6-20(22)21-7-3-5-9-23(21)24/h2-11,14,24-26,29-31H,12-13,15-16H2,1H3,(H,28,32). The summed E-state index contributed by atoms with van der Waals surface area (Å²) in [5.41, 5.74) is 6.76. The van der Waals surface area contributed by atoms with Crippen molar-refractivity contribution >= 4 is 6.09 Å². The van der Waals surface area contributed by atoms with Gasteiger partial charge < -0.3 is 25.4 Å². The molecule has 6 nitrogen and oxygen atoms in total. The van der Waals surface area contributed by atoms with E-state index in [9.17, 15) is 20.1 Å². The maximum Gasteiger partial charge on any atom is 0.407 e. The summed E-state index contributed by atoms with van der Waals surface area (Å²) in [5, 5.41) is 32.7. The van der Waals surface area contributed by atoms with Crippen LogP contribution in [-0.4, -0.2) is 40.7 Å². The number of fused-ring (bicyclic) bond motifs is 3. The van der Waals surface area contributed by atoms with Crippen LogP contribution in [0.4, 0.5) is 4.79 Å². The number of nitrogens with one attached hydrogen (secondary N) is 1. The minimum absolute atomic E-state index is 0.0135. The molecule has 0 radical (unpaired) electrons. The second-order valence-corrected chi connectivity index (χ2v) is 8.40. The van der Waals surface area contributed by atoms with Crippen molar-refractivity contribution in [1.29, 1.82) is 0 Å². The van der Waals surface area contributed by atoms with Gasteiger partial charge in [0.05, 0.1) is 12.7 Å². The molecule has 6 heteroatoms. The molecular weight excluding hydrogens is 418 g/mol. The van der Waals surface area contributed by atoms with Crippen LogP contribution in [0.5, 0.6) is 0 Å². The molecule has 4 rings (SSSR count). The maximum atomic E-state index is 12.3. The Balaban J connectivity index is 1.28. The zero-order chi connectivity index (χ0) is 23.4. The maximum absolute atomic E-state index is 12.3. The van der Waals surface area contributed by atoms with Crippen LogP contribution < -0.4 is 5.32 Å².